The second-order valence-corrected chi connectivity index (χ2v) is 9.16. The normalized spacial score (nSPS) is 19.5. The van der Waals surface area contributed by atoms with Gasteiger partial charge in [-0.2, -0.15) is 13.2 Å². The molecule has 1 aromatic carbocycles. The number of halogens is 3. The van der Waals surface area contributed by atoms with Gasteiger partial charge in [0.2, 0.25) is 0 Å². The van der Waals surface area contributed by atoms with E-state index in [-0.39, 0.29) is 29.0 Å². The Morgan fingerprint density at radius 2 is 1.87 bits per heavy atom. The van der Waals surface area contributed by atoms with Gasteiger partial charge in [0.05, 0.1) is 11.6 Å². The summed E-state index contributed by atoms with van der Waals surface area (Å²) < 4.78 is 38.0. The molecule has 0 aliphatic heterocycles. The van der Waals surface area contributed by atoms with Crippen LogP contribution in [0.15, 0.2) is 18.2 Å². The summed E-state index contributed by atoms with van der Waals surface area (Å²) in [4.78, 5) is 17.2. The fourth-order valence-electron chi connectivity index (χ4n) is 3.68. The summed E-state index contributed by atoms with van der Waals surface area (Å²) in [5.74, 6) is -0.0153. The summed E-state index contributed by atoms with van der Waals surface area (Å²) in [5.41, 5.74) is 2.42. The lowest BCUT2D eigenvalue weighted by Crippen LogP contribution is -2.38. The number of pyridine rings is 1. The van der Waals surface area contributed by atoms with E-state index in [1.807, 2.05) is 27.7 Å². The molecule has 1 aliphatic rings. The van der Waals surface area contributed by atoms with Gasteiger partial charge in [-0.05, 0) is 60.4 Å². The lowest BCUT2D eigenvalue weighted by atomic mass is 9.82. The number of hydrogen-bond acceptors (Lipinski definition) is 4. The summed E-state index contributed by atoms with van der Waals surface area (Å²) in [6.07, 6.45) is -3.22. The number of aryl methyl sites for hydroxylation is 1. The van der Waals surface area contributed by atoms with Crippen molar-refractivity contribution in [1.29, 1.82) is 0 Å². The minimum atomic E-state index is -4.32. The maximum Gasteiger partial charge on any atom is 0.405 e. The maximum absolute atomic E-state index is 12.7. The van der Waals surface area contributed by atoms with Crippen molar-refractivity contribution in [1.82, 2.24) is 10.3 Å². The molecule has 1 saturated carbocycles. The zero-order valence-electron chi connectivity index (χ0n) is 17.7. The average Bonchev–Trinajstić information content (AvgIpc) is 2.60. The predicted molar refractivity (Wildman–Crippen MR) is 111 cm³/mol. The van der Waals surface area contributed by atoms with Gasteiger partial charge >= 0.3 is 6.18 Å². The van der Waals surface area contributed by atoms with Crippen LogP contribution in [0.5, 0.6) is 0 Å². The SMILES string of the molecule is Cc1cc(C(=O)NCC2CC(O)C2)nc2c(C(C)(C)C)cc(NCC(F)(F)F)cc12. The van der Waals surface area contributed by atoms with Gasteiger partial charge in [-0.3, -0.25) is 4.79 Å². The molecule has 1 aromatic heterocycles. The number of rotatable bonds is 5. The lowest BCUT2D eigenvalue weighted by Gasteiger charge is -2.31. The highest BCUT2D eigenvalue weighted by atomic mass is 19.4. The molecule has 1 fully saturated rings. The number of nitrogens with one attached hydrogen (secondary N) is 2. The van der Waals surface area contributed by atoms with E-state index in [9.17, 15) is 23.1 Å². The van der Waals surface area contributed by atoms with Crippen molar-refractivity contribution in [2.45, 2.75) is 58.2 Å². The first-order valence-corrected chi connectivity index (χ1v) is 10.1. The molecule has 0 unspecified atom stereocenters. The van der Waals surface area contributed by atoms with Gasteiger partial charge in [0, 0.05) is 17.6 Å². The molecule has 30 heavy (non-hydrogen) atoms. The highest BCUT2D eigenvalue weighted by Crippen LogP contribution is 2.34. The number of fused-ring (bicyclic) bond motifs is 1. The Hall–Kier alpha value is -2.35. The Bertz CT molecular complexity index is 945. The van der Waals surface area contributed by atoms with Gasteiger partial charge in [0.25, 0.3) is 5.91 Å². The van der Waals surface area contributed by atoms with Crippen molar-refractivity contribution < 1.29 is 23.1 Å². The molecule has 1 heterocycles. The minimum Gasteiger partial charge on any atom is -0.393 e. The quantitative estimate of drug-likeness (QED) is 0.670. The molecule has 1 amide bonds. The van der Waals surface area contributed by atoms with Crippen molar-refractivity contribution in [3.63, 3.8) is 0 Å². The molecule has 0 atom stereocenters. The molecule has 0 saturated heterocycles. The Balaban J connectivity index is 1.94. The fraction of sp³-hybridized carbons (Fsp3) is 0.545. The molecule has 3 N–H and O–H groups in total. The summed E-state index contributed by atoms with van der Waals surface area (Å²) in [6.45, 7) is 7.07. The van der Waals surface area contributed by atoms with Gasteiger partial charge in [-0.25, -0.2) is 4.98 Å². The van der Waals surface area contributed by atoms with Crippen LogP contribution in [0.1, 0.15) is 55.2 Å². The van der Waals surface area contributed by atoms with Crippen LogP contribution < -0.4 is 10.6 Å². The smallest absolute Gasteiger partial charge is 0.393 e. The molecule has 0 radical (unpaired) electrons. The first-order valence-electron chi connectivity index (χ1n) is 10.1. The van der Waals surface area contributed by atoms with Gasteiger partial charge in [-0.15, -0.1) is 0 Å². The Morgan fingerprint density at radius 3 is 2.43 bits per heavy atom. The van der Waals surface area contributed by atoms with E-state index >= 15 is 0 Å². The van der Waals surface area contributed by atoms with Gasteiger partial charge < -0.3 is 15.7 Å². The van der Waals surface area contributed by atoms with Gasteiger partial charge in [0.1, 0.15) is 12.2 Å². The van der Waals surface area contributed by atoms with Crippen molar-refractivity contribution in [3.8, 4) is 0 Å². The van der Waals surface area contributed by atoms with Crippen LogP contribution in [-0.4, -0.2) is 41.4 Å². The summed E-state index contributed by atoms with van der Waals surface area (Å²) >= 11 is 0. The number of benzene rings is 1. The minimum absolute atomic E-state index is 0.276. The number of hydrogen-bond donors (Lipinski definition) is 3. The van der Waals surface area contributed by atoms with Crippen LogP contribution in [0.3, 0.4) is 0 Å². The third-order valence-electron chi connectivity index (χ3n) is 5.42. The standard InChI is InChI=1S/C22H28F3N3O2/c1-12-5-18(20(30)26-10-13-6-15(29)7-13)28-19-16(12)8-14(27-11-22(23,24)25)9-17(19)21(2,3)4/h5,8-9,13,15,27,29H,6-7,10-11H2,1-4H3,(H,26,30). The molecule has 164 valence electrons. The van der Waals surface area contributed by atoms with E-state index in [0.29, 0.717) is 36.0 Å². The van der Waals surface area contributed by atoms with Crippen LogP contribution >= 0.6 is 0 Å². The van der Waals surface area contributed by atoms with E-state index in [1.54, 1.807) is 18.2 Å². The van der Waals surface area contributed by atoms with Crippen molar-refractivity contribution in [2.75, 3.05) is 18.4 Å². The van der Waals surface area contributed by atoms with Crippen molar-refractivity contribution in [3.05, 3.63) is 35.0 Å². The van der Waals surface area contributed by atoms with Crippen LogP contribution in [-0.2, 0) is 5.41 Å². The number of aliphatic hydroxyl groups is 1. The number of carbonyl (C=O) groups excluding carboxylic acids is 1. The number of alkyl halides is 3. The van der Waals surface area contributed by atoms with E-state index in [1.165, 1.54) is 0 Å². The number of aliphatic hydroxyl groups excluding tert-OH is 1. The Kier molecular flexibility index (Phi) is 6.00. The second-order valence-electron chi connectivity index (χ2n) is 9.16. The summed E-state index contributed by atoms with van der Waals surface area (Å²) in [7, 11) is 0. The number of amides is 1. The maximum atomic E-state index is 12.7. The second kappa shape index (κ2) is 8.06. The summed E-state index contributed by atoms with van der Waals surface area (Å²) in [6, 6.07) is 4.99. The van der Waals surface area contributed by atoms with E-state index in [4.69, 9.17) is 0 Å². The van der Waals surface area contributed by atoms with Crippen LogP contribution in [0, 0.1) is 12.8 Å². The van der Waals surface area contributed by atoms with Gasteiger partial charge in [-0.1, -0.05) is 20.8 Å². The highest BCUT2D eigenvalue weighted by Gasteiger charge is 2.29. The van der Waals surface area contributed by atoms with Crippen LogP contribution in [0.25, 0.3) is 10.9 Å². The Labute approximate surface area is 174 Å². The molecule has 8 heteroatoms. The molecule has 3 rings (SSSR count). The molecule has 2 aromatic rings. The molecule has 0 spiro atoms. The van der Waals surface area contributed by atoms with Crippen molar-refractivity contribution in [2.24, 2.45) is 5.92 Å². The van der Waals surface area contributed by atoms with Crippen LogP contribution in [0.4, 0.5) is 18.9 Å². The monoisotopic (exact) mass is 423 g/mol. The predicted octanol–water partition coefficient (Wildman–Crippen LogP) is 4.32. The number of aromatic nitrogens is 1. The van der Waals surface area contributed by atoms with E-state index < -0.39 is 12.7 Å². The first-order chi connectivity index (χ1) is 13.8. The molecular weight excluding hydrogens is 395 g/mol. The lowest BCUT2D eigenvalue weighted by molar-refractivity contribution is -0.115. The molecular formula is C22H28F3N3O2. The molecule has 5 nitrogen and oxygen atoms in total. The number of anilines is 1. The molecule has 0 bridgehead atoms. The third kappa shape index (κ3) is 5.22. The first kappa shape index (κ1) is 22.3. The highest BCUT2D eigenvalue weighted by molar-refractivity contribution is 5.97. The number of carbonyl (C=O) groups is 1. The largest absolute Gasteiger partial charge is 0.405 e. The summed E-state index contributed by atoms with van der Waals surface area (Å²) in [5, 5.41) is 15.4. The average molecular weight is 423 g/mol. The fourth-order valence-corrected chi connectivity index (χ4v) is 3.68. The Morgan fingerprint density at radius 1 is 1.20 bits per heavy atom. The van der Waals surface area contributed by atoms with Gasteiger partial charge in [0.15, 0.2) is 0 Å². The van der Waals surface area contributed by atoms with Crippen molar-refractivity contribution >= 4 is 22.5 Å². The van der Waals surface area contributed by atoms with E-state index in [0.717, 1.165) is 11.1 Å². The zero-order chi connectivity index (χ0) is 22.3. The zero-order valence-corrected chi connectivity index (χ0v) is 17.7. The third-order valence-corrected chi connectivity index (χ3v) is 5.42. The topological polar surface area (TPSA) is 74.2 Å². The number of nitrogens with zero attached hydrogens (tertiary/aromatic N) is 1. The molecule has 1 aliphatic carbocycles. The van der Waals surface area contributed by atoms with E-state index in [2.05, 4.69) is 15.6 Å². The van der Waals surface area contributed by atoms with Crippen LogP contribution in [0.2, 0.25) is 0 Å².